The minimum absolute atomic E-state index is 0.823. The van der Waals surface area contributed by atoms with Crippen molar-refractivity contribution in [2.24, 2.45) is 0 Å². The van der Waals surface area contributed by atoms with E-state index in [1.807, 2.05) is 0 Å². The Morgan fingerprint density at radius 3 is 0.967 bits per heavy atom. The number of nitrogens with zero attached hydrogens (tertiary/aromatic N) is 1. The molecule has 0 unspecified atom stereocenters. The highest BCUT2D eigenvalue weighted by Gasteiger charge is 2.19. The van der Waals surface area contributed by atoms with Gasteiger partial charge in [0.25, 0.3) is 0 Å². The van der Waals surface area contributed by atoms with Gasteiger partial charge in [-0.2, -0.15) is 0 Å². The van der Waals surface area contributed by atoms with E-state index in [1.54, 1.807) is 0 Å². The van der Waals surface area contributed by atoms with Crippen molar-refractivity contribution in [3.63, 3.8) is 0 Å². The van der Waals surface area contributed by atoms with Gasteiger partial charge in [-0.05, 0) is 25.7 Å². The molecule has 2 heteroatoms. The molecule has 0 saturated carbocycles. The van der Waals surface area contributed by atoms with Crippen molar-refractivity contribution in [1.82, 2.24) is 0 Å². The molecule has 0 saturated heterocycles. The number of rotatable bonds is 25. The summed E-state index contributed by atoms with van der Waals surface area (Å²) < 4.78 is 1.26. The maximum atomic E-state index is 6.03. The van der Waals surface area contributed by atoms with Gasteiger partial charge in [-0.1, -0.05) is 117 Å². The molecule has 0 fully saturated rings. The highest BCUT2D eigenvalue weighted by Crippen LogP contribution is 2.16. The van der Waals surface area contributed by atoms with Crippen LogP contribution in [-0.4, -0.2) is 37.0 Å². The molecule has 30 heavy (non-hydrogen) atoms. The maximum Gasteiger partial charge on any atom is 0.0796 e. The molecule has 182 valence electrons. The fourth-order valence-corrected chi connectivity index (χ4v) is 4.86. The van der Waals surface area contributed by atoms with Crippen LogP contribution >= 0.6 is 11.6 Å². The summed E-state index contributed by atoms with van der Waals surface area (Å²) >= 11 is 6.03. The Labute approximate surface area is 197 Å². The third kappa shape index (κ3) is 21.5. The third-order valence-electron chi connectivity index (χ3n) is 6.93. The van der Waals surface area contributed by atoms with E-state index in [2.05, 4.69) is 20.9 Å². The largest absolute Gasteiger partial charge is 0.326 e. The first-order chi connectivity index (χ1) is 14.7. The highest BCUT2D eigenvalue weighted by molar-refractivity contribution is 6.17. The van der Waals surface area contributed by atoms with Crippen LogP contribution in [0.1, 0.15) is 149 Å². The Bertz CT molecular complexity index is 294. The van der Waals surface area contributed by atoms with Gasteiger partial charge in [-0.15, -0.1) is 11.6 Å². The second-order valence-corrected chi connectivity index (χ2v) is 10.6. The van der Waals surface area contributed by atoms with Gasteiger partial charge >= 0.3 is 0 Å². The molecular formula is C28H59ClN+. The highest BCUT2D eigenvalue weighted by atomic mass is 35.5. The number of hydrogen-bond donors (Lipinski definition) is 0. The van der Waals surface area contributed by atoms with Gasteiger partial charge in [0.15, 0.2) is 0 Å². The first-order valence-electron chi connectivity index (χ1n) is 14.1. The molecule has 1 nitrogen and oxygen atoms in total. The van der Waals surface area contributed by atoms with Crippen LogP contribution in [-0.2, 0) is 0 Å². The van der Waals surface area contributed by atoms with Crippen molar-refractivity contribution in [1.29, 1.82) is 0 Å². The number of alkyl halides is 1. The molecule has 0 bridgehead atoms. The van der Waals surface area contributed by atoms with Crippen LogP contribution < -0.4 is 0 Å². The van der Waals surface area contributed by atoms with Crippen molar-refractivity contribution < 1.29 is 4.48 Å². The summed E-state index contributed by atoms with van der Waals surface area (Å²) in [7, 11) is 2.49. The topological polar surface area (TPSA) is 0 Å². The van der Waals surface area contributed by atoms with Crippen molar-refractivity contribution in [3.8, 4) is 0 Å². The van der Waals surface area contributed by atoms with Gasteiger partial charge in [0, 0.05) is 12.3 Å². The Hall–Kier alpha value is 0.250. The standard InChI is InChI=1S/C28H59ClN/c1-4-6-8-10-12-14-16-18-20-22-26-30(3,28-24-25-29)27-23-21-19-17-15-13-11-9-7-5-2/h4-28H2,1-3H3/q+1. The van der Waals surface area contributed by atoms with Crippen LogP contribution in [0.3, 0.4) is 0 Å². The summed E-state index contributed by atoms with van der Waals surface area (Å²) in [5.41, 5.74) is 0. The molecule has 0 aromatic rings. The summed E-state index contributed by atoms with van der Waals surface area (Å²) in [4.78, 5) is 0. The lowest BCUT2D eigenvalue weighted by molar-refractivity contribution is -0.910. The molecule has 0 heterocycles. The lowest BCUT2D eigenvalue weighted by Gasteiger charge is -2.35. The zero-order valence-electron chi connectivity index (χ0n) is 21.5. The number of hydrogen-bond acceptors (Lipinski definition) is 0. The smallest absolute Gasteiger partial charge is 0.0796 e. The van der Waals surface area contributed by atoms with Crippen LogP contribution in [0, 0.1) is 0 Å². The Balaban J connectivity index is 3.72. The van der Waals surface area contributed by atoms with Crippen LogP contribution in [0.25, 0.3) is 0 Å². The van der Waals surface area contributed by atoms with E-state index in [1.165, 1.54) is 159 Å². The molecule has 0 atom stereocenters. The van der Waals surface area contributed by atoms with Gasteiger partial charge in [-0.3, -0.25) is 0 Å². The molecular weight excluding hydrogens is 386 g/mol. The van der Waals surface area contributed by atoms with Crippen LogP contribution in [0.4, 0.5) is 0 Å². The van der Waals surface area contributed by atoms with Crippen molar-refractivity contribution >= 4 is 11.6 Å². The van der Waals surface area contributed by atoms with E-state index >= 15 is 0 Å². The van der Waals surface area contributed by atoms with E-state index in [9.17, 15) is 0 Å². The Morgan fingerprint density at radius 1 is 0.400 bits per heavy atom. The zero-order valence-corrected chi connectivity index (χ0v) is 22.3. The fraction of sp³-hybridized carbons (Fsp3) is 1.00. The van der Waals surface area contributed by atoms with E-state index in [-0.39, 0.29) is 0 Å². The average molecular weight is 445 g/mol. The maximum absolute atomic E-state index is 6.03. The normalized spacial score (nSPS) is 12.0. The average Bonchev–Trinajstić information content (AvgIpc) is 2.75. The van der Waals surface area contributed by atoms with Crippen LogP contribution in [0.2, 0.25) is 0 Å². The molecule has 0 aliphatic rings. The van der Waals surface area contributed by atoms with Gasteiger partial charge in [0.05, 0.1) is 26.7 Å². The van der Waals surface area contributed by atoms with Crippen LogP contribution in [0.15, 0.2) is 0 Å². The molecule has 0 aliphatic heterocycles. The Morgan fingerprint density at radius 2 is 0.667 bits per heavy atom. The first-order valence-corrected chi connectivity index (χ1v) is 14.6. The van der Waals surface area contributed by atoms with Gasteiger partial charge in [-0.25, -0.2) is 0 Å². The molecule has 0 aliphatic carbocycles. The van der Waals surface area contributed by atoms with Crippen molar-refractivity contribution in [2.75, 3.05) is 32.6 Å². The molecule has 0 radical (unpaired) electrons. The van der Waals surface area contributed by atoms with Gasteiger partial charge in [0.1, 0.15) is 0 Å². The number of unbranched alkanes of at least 4 members (excludes halogenated alkanes) is 18. The van der Waals surface area contributed by atoms with Crippen molar-refractivity contribution in [2.45, 2.75) is 149 Å². The van der Waals surface area contributed by atoms with E-state index < -0.39 is 0 Å². The molecule has 0 N–H and O–H groups in total. The van der Waals surface area contributed by atoms with E-state index in [0.29, 0.717) is 0 Å². The molecule has 0 aromatic heterocycles. The first kappa shape index (κ1) is 30.2. The Kier molecular flexibility index (Phi) is 24.1. The molecule has 0 aromatic carbocycles. The predicted molar refractivity (Wildman–Crippen MR) is 140 cm³/mol. The fourth-order valence-electron chi connectivity index (χ4n) is 4.74. The van der Waals surface area contributed by atoms with Crippen LogP contribution in [0.5, 0.6) is 0 Å². The monoisotopic (exact) mass is 444 g/mol. The quantitative estimate of drug-likeness (QED) is 0.0745. The van der Waals surface area contributed by atoms with Gasteiger partial charge in [0.2, 0.25) is 0 Å². The third-order valence-corrected chi connectivity index (χ3v) is 7.20. The summed E-state index contributed by atoms with van der Waals surface area (Å²) in [6, 6.07) is 0. The summed E-state index contributed by atoms with van der Waals surface area (Å²) in [5, 5.41) is 0. The molecule has 0 spiro atoms. The second kappa shape index (κ2) is 23.9. The predicted octanol–water partition coefficient (Wildman–Crippen LogP) is 9.90. The minimum Gasteiger partial charge on any atom is -0.326 e. The van der Waals surface area contributed by atoms with E-state index in [0.717, 1.165) is 5.88 Å². The summed E-state index contributed by atoms with van der Waals surface area (Å²) in [6.45, 7) is 8.61. The lowest BCUT2D eigenvalue weighted by Crippen LogP contribution is -2.46. The lowest BCUT2D eigenvalue weighted by atomic mass is 10.1. The summed E-state index contributed by atoms with van der Waals surface area (Å²) in [6.07, 6.45) is 29.9. The number of quaternary nitrogens is 1. The van der Waals surface area contributed by atoms with Crippen molar-refractivity contribution in [3.05, 3.63) is 0 Å². The summed E-state index contributed by atoms with van der Waals surface area (Å²) in [5.74, 6) is 0.823. The minimum atomic E-state index is 0.823. The number of halogens is 1. The van der Waals surface area contributed by atoms with E-state index in [4.69, 9.17) is 11.6 Å². The second-order valence-electron chi connectivity index (χ2n) is 10.2. The van der Waals surface area contributed by atoms with Gasteiger partial charge < -0.3 is 4.48 Å². The zero-order chi connectivity index (χ0) is 22.2. The SMILES string of the molecule is CCCCCCCCCCCC[N+](C)(CCCCl)CCCCCCCCCCCC. The molecule has 0 amide bonds. The molecule has 0 rings (SSSR count).